The number of nitrogens with zero attached hydrogens (tertiary/aromatic N) is 2. The summed E-state index contributed by atoms with van der Waals surface area (Å²) in [5.41, 5.74) is 2.82. The summed E-state index contributed by atoms with van der Waals surface area (Å²) in [4.78, 5) is 26.6. The monoisotopic (exact) mass is 432 g/mol. The van der Waals surface area contributed by atoms with Crippen molar-refractivity contribution in [2.45, 2.75) is 25.3 Å². The summed E-state index contributed by atoms with van der Waals surface area (Å²) in [5, 5.41) is 0. The Morgan fingerprint density at radius 3 is 2.41 bits per heavy atom. The maximum absolute atomic E-state index is 12.8. The van der Waals surface area contributed by atoms with Gasteiger partial charge in [0, 0.05) is 31.7 Å². The first-order valence-electron chi connectivity index (χ1n) is 10.9. The number of benzene rings is 2. The van der Waals surface area contributed by atoms with E-state index >= 15 is 0 Å². The lowest BCUT2D eigenvalue weighted by atomic mass is 10.0. The quantitative estimate of drug-likeness (QED) is 0.527. The first-order chi connectivity index (χ1) is 15.7. The SMILES string of the molecule is COC(=O)c1cccn1C1CCN(C(=O)COc2ccccc2Cc2ccccc2)CC1. The summed E-state index contributed by atoms with van der Waals surface area (Å²) in [6, 6.07) is 21.9. The molecule has 0 spiro atoms. The molecule has 6 nitrogen and oxygen atoms in total. The van der Waals surface area contributed by atoms with E-state index in [1.165, 1.54) is 12.7 Å². The molecule has 0 bridgehead atoms. The molecule has 1 aromatic heterocycles. The van der Waals surface area contributed by atoms with Gasteiger partial charge in [0.05, 0.1) is 7.11 Å². The second kappa shape index (κ2) is 10.2. The molecule has 1 amide bonds. The Bertz CT molecular complexity index is 1050. The number of rotatable bonds is 7. The van der Waals surface area contributed by atoms with Crippen LogP contribution in [0.1, 0.15) is 40.5 Å². The van der Waals surface area contributed by atoms with Gasteiger partial charge >= 0.3 is 5.97 Å². The number of ether oxygens (including phenoxy) is 2. The molecule has 6 heteroatoms. The van der Waals surface area contributed by atoms with Gasteiger partial charge in [-0.1, -0.05) is 48.5 Å². The summed E-state index contributed by atoms with van der Waals surface area (Å²) in [5.74, 6) is 0.393. The Balaban J connectivity index is 1.32. The second-order valence-corrected chi connectivity index (χ2v) is 7.96. The van der Waals surface area contributed by atoms with E-state index in [9.17, 15) is 9.59 Å². The number of likely N-dealkylation sites (tertiary alicyclic amines) is 1. The van der Waals surface area contributed by atoms with Crippen LogP contribution in [0.3, 0.4) is 0 Å². The Kier molecular flexibility index (Phi) is 6.90. The van der Waals surface area contributed by atoms with E-state index in [-0.39, 0.29) is 24.5 Å². The predicted octanol–water partition coefficient (Wildman–Crippen LogP) is 4.11. The fraction of sp³-hybridized carbons (Fsp3) is 0.308. The fourth-order valence-electron chi connectivity index (χ4n) is 4.22. The zero-order valence-corrected chi connectivity index (χ0v) is 18.3. The van der Waals surface area contributed by atoms with Gasteiger partial charge in [-0.05, 0) is 42.2 Å². The number of para-hydroxylation sites is 1. The Labute approximate surface area is 188 Å². The first-order valence-corrected chi connectivity index (χ1v) is 10.9. The van der Waals surface area contributed by atoms with Gasteiger partial charge in [-0.15, -0.1) is 0 Å². The number of hydrogen-bond donors (Lipinski definition) is 0. The number of esters is 1. The third-order valence-electron chi connectivity index (χ3n) is 5.95. The van der Waals surface area contributed by atoms with E-state index < -0.39 is 0 Å². The number of hydrogen-bond acceptors (Lipinski definition) is 4. The van der Waals surface area contributed by atoms with Crippen molar-refractivity contribution in [3.63, 3.8) is 0 Å². The number of carbonyl (C=O) groups is 2. The van der Waals surface area contributed by atoms with E-state index in [0.29, 0.717) is 18.8 Å². The van der Waals surface area contributed by atoms with Gasteiger partial charge in [0.25, 0.3) is 5.91 Å². The molecule has 0 atom stereocenters. The van der Waals surface area contributed by atoms with Crippen LogP contribution in [0.4, 0.5) is 0 Å². The lowest BCUT2D eigenvalue weighted by Gasteiger charge is -2.33. The fourth-order valence-corrected chi connectivity index (χ4v) is 4.22. The van der Waals surface area contributed by atoms with Crippen LogP contribution < -0.4 is 4.74 Å². The first kappa shape index (κ1) is 21.7. The van der Waals surface area contributed by atoms with Crippen LogP contribution in [-0.4, -0.2) is 48.1 Å². The molecule has 1 fully saturated rings. The van der Waals surface area contributed by atoms with E-state index in [1.807, 2.05) is 64.2 Å². The van der Waals surface area contributed by atoms with Crippen molar-refractivity contribution >= 4 is 11.9 Å². The highest BCUT2D eigenvalue weighted by Crippen LogP contribution is 2.26. The molecule has 0 unspecified atom stereocenters. The molecular weight excluding hydrogens is 404 g/mol. The maximum Gasteiger partial charge on any atom is 0.354 e. The zero-order valence-electron chi connectivity index (χ0n) is 18.3. The minimum Gasteiger partial charge on any atom is -0.483 e. The Morgan fingerprint density at radius 1 is 0.938 bits per heavy atom. The molecule has 0 aliphatic carbocycles. The second-order valence-electron chi connectivity index (χ2n) is 7.96. The van der Waals surface area contributed by atoms with Crippen molar-refractivity contribution in [3.05, 3.63) is 89.7 Å². The van der Waals surface area contributed by atoms with Gasteiger partial charge in [0.15, 0.2) is 6.61 Å². The van der Waals surface area contributed by atoms with Crippen LogP contribution in [0.2, 0.25) is 0 Å². The molecule has 0 radical (unpaired) electrons. The molecule has 166 valence electrons. The number of carbonyl (C=O) groups excluding carboxylic acids is 2. The van der Waals surface area contributed by atoms with Crippen molar-refractivity contribution in [2.24, 2.45) is 0 Å². The van der Waals surface area contributed by atoms with Crippen molar-refractivity contribution in [1.82, 2.24) is 9.47 Å². The van der Waals surface area contributed by atoms with Crippen LogP contribution in [0.25, 0.3) is 0 Å². The minimum absolute atomic E-state index is 0.0151. The average Bonchev–Trinajstić information content (AvgIpc) is 3.33. The van der Waals surface area contributed by atoms with E-state index in [2.05, 4.69) is 12.1 Å². The van der Waals surface area contributed by atoms with Gasteiger partial charge in [0.1, 0.15) is 11.4 Å². The number of aromatic nitrogens is 1. The summed E-state index contributed by atoms with van der Waals surface area (Å²) in [7, 11) is 1.39. The van der Waals surface area contributed by atoms with Gasteiger partial charge in [-0.25, -0.2) is 4.79 Å². The molecule has 1 aliphatic rings. The van der Waals surface area contributed by atoms with E-state index in [1.54, 1.807) is 6.07 Å². The highest BCUT2D eigenvalue weighted by Gasteiger charge is 2.26. The van der Waals surface area contributed by atoms with Crippen LogP contribution in [-0.2, 0) is 16.0 Å². The zero-order chi connectivity index (χ0) is 22.3. The molecule has 3 aromatic rings. The van der Waals surface area contributed by atoms with E-state index in [0.717, 1.165) is 30.6 Å². The Morgan fingerprint density at radius 2 is 1.66 bits per heavy atom. The van der Waals surface area contributed by atoms with Crippen LogP contribution in [0.15, 0.2) is 72.9 Å². The molecule has 0 N–H and O–H groups in total. The lowest BCUT2D eigenvalue weighted by Crippen LogP contribution is -2.41. The van der Waals surface area contributed by atoms with Gasteiger partial charge in [-0.2, -0.15) is 0 Å². The largest absolute Gasteiger partial charge is 0.483 e. The minimum atomic E-state index is -0.337. The Hall–Kier alpha value is -3.54. The third-order valence-corrected chi connectivity index (χ3v) is 5.95. The van der Waals surface area contributed by atoms with Crippen molar-refractivity contribution in [2.75, 3.05) is 26.8 Å². The summed E-state index contributed by atoms with van der Waals surface area (Å²) < 4.78 is 12.8. The highest BCUT2D eigenvalue weighted by molar-refractivity contribution is 5.87. The molecular formula is C26H28N2O4. The van der Waals surface area contributed by atoms with Crippen molar-refractivity contribution < 1.29 is 19.1 Å². The smallest absolute Gasteiger partial charge is 0.354 e. The molecule has 2 heterocycles. The average molecular weight is 433 g/mol. The van der Waals surface area contributed by atoms with Crippen LogP contribution in [0, 0.1) is 0 Å². The molecule has 1 saturated heterocycles. The predicted molar refractivity (Wildman–Crippen MR) is 122 cm³/mol. The van der Waals surface area contributed by atoms with Crippen LogP contribution in [0.5, 0.6) is 5.75 Å². The van der Waals surface area contributed by atoms with E-state index in [4.69, 9.17) is 9.47 Å². The summed E-state index contributed by atoms with van der Waals surface area (Å²) in [6.45, 7) is 1.29. The molecule has 0 saturated carbocycles. The number of amides is 1. The van der Waals surface area contributed by atoms with Gasteiger partial charge < -0.3 is 18.9 Å². The molecule has 1 aliphatic heterocycles. The maximum atomic E-state index is 12.8. The summed E-state index contributed by atoms with van der Waals surface area (Å²) in [6.07, 6.45) is 4.24. The van der Waals surface area contributed by atoms with Gasteiger partial charge in [0.2, 0.25) is 0 Å². The molecule has 2 aromatic carbocycles. The third kappa shape index (κ3) is 5.02. The number of methoxy groups -OCH3 is 1. The van der Waals surface area contributed by atoms with Crippen molar-refractivity contribution in [3.8, 4) is 5.75 Å². The molecule has 32 heavy (non-hydrogen) atoms. The van der Waals surface area contributed by atoms with Crippen LogP contribution >= 0.6 is 0 Å². The lowest BCUT2D eigenvalue weighted by molar-refractivity contribution is -0.134. The number of piperidine rings is 1. The summed E-state index contributed by atoms with van der Waals surface area (Å²) >= 11 is 0. The normalized spacial score (nSPS) is 14.2. The standard InChI is InChI=1S/C26H28N2O4/c1-31-26(30)23-11-7-15-28(23)22-13-16-27(17-14-22)25(29)19-32-24-12-6-5-10-21(24)18-20-8-3-2-4-9-20/h2-12,15,22H,13-14,16-19H2,1H3. The topological polar surface area (TPSA) is 60.8 Å². The van der Waals surface area contributed by atoms with Crippen molar-refractivity contribution in [1.29, 1.82) is 0 Å². The van der Waals surface area contributed by atoms with Gasteiger partial charge in [-0.3, -0.25) is 4.79 Å². The molecule has 4 rings (SSSR count). The highest BCUT2D eigenvalue weighted by atomic mass is 16.5.